The van der Waals surface area contributed by atoms with Crippen molar-refractivity contribution in [3.8, 4) is 5.75 Å². The summed E-state index contributed by atoms with van der Waals surface area (Å²) in [5, 5.41) is 3.33. The number of thiazole rings is 1. The van der Waals surface area contributed by atoms with Crippen LogP contribution in [0.15, 0.2) is 53.1 Å². The van der Waals surface area contributed by atoms with Gasteiger partial charge in [-0.05, 0) is 62.0 Å². The molecule has 2 aliphatic carbocycles. The number of hydrogen-bond donors (Lipinski definition) is 1. The Morgan fingerprint density at radius 2 is 1.71 bits per heavy atom. The van der Waals surface area contributed by atoms with Gasteiger partial charge < -0.3 is 15.0 Å². The molecule has 3 aromatic rings. The van der Waals surface area contributed by atoms with Gasteiger partial charge in [-0.25, -0.2) is 18.4 Å². The molecule has 1 N–H and O–H groups in total. The van der Waals surface area contributed by atoms with E-state index in [-0.39, 0.29) is 49.7 Å². The largest absolute Gasteiger partial charge is 0.573 e. The smallest absolute Gasteiger partial charge is 0.406 e. The molecular formula is C33H41F3N6O5S2. The number of piperazine rings is 1. The number of anilines is 1. The lowest BCUT2D eigenvalue weighted by molar-refractivity contribution is -0.274. The standard InChI is InChI=1S/C29H29F3N6O5S2.2C2H6/c1-17(39)19-6-10-22(11-7-19)45(41,42)38-13-12-37(28-36-26-24(44-28)15-33-25(35-26)20-4-5-20)16-23(38)27(40)34-14-18-2-8-21(9-3-18)43-29(30,31)32;2*1-2/h2-3,6,8-10,15,20,23H,4-5,7,11-14,16H2,1H3,(H,34,40);2*1-2H3/t23-;;/m1../s1. The lowest BCUT2D eigenvalue weighted by atomic mass is 10.0. The molecule has 2 aromatic heterocycles. The maximum atomic E-state index is 13.9. The molecule has 0 bridgehead atoms. The Kier molecular flexibility index (Phi) is 12.5. The number of alkyl halides is 3. The first kappa shape index (κ1) is 37.9. The molecule has 266 valence electrons. The van der Waals surface area contributed by atoms with Crippen LogP contribution in [0.25, 0.3) is 10.3 Å². The fourth-order valence-corrected chi connectivity index (χ4v) is 7.88. The molecular weight excluding hydrogens is 682 g/mol. The van der Waals surface area contributed by atoms with Crippen molar-refractivity contribution < 1.29 is 35.9 Å². The highest BCUT2D eigenvalue weighted by Gasteiger charge is 2.42. The Bertz CT molecular complexity index is 1800. The van der Waals surface area contributed by atoms with Crippen molar-refractivity contribution in [2.45, 2.75) is 85.2 Å². The molecule has 1 atom stereocenters. The summed E-state index contributed by atoms with van der Waals surface area (Å²) in [6.07, 6.45) is 2.34. The van der Waals surface area contributed by atoms with Gasteiger partial charge in [0.1, 0.15) is 17.6 Å². The van der Waals surface area contributed by atoms with E-state index in [1.54, 1.807) is 6.20 Å². The number of ketones is 1. The minimum absolute atomic E-state index is 0.000550. The second-order valence-corrected chi connectivity index (χ2v) is 14.0. The summed E-state index contributed by atoms with van der Waals surface area (Å²) in [7, 11) is -4.08. The van der Waals surface area contributed by atoms with Gasteiger partial charge >= 0.3 is 6.36 Å². The fraction of sp³-hybridized carbons (Fsp3) is 0.485. The number of amides is 1. The molecule has 6 rings (SSSR count). The number of rotatable bonds is 9. The van der Waals surface area contributed by atoms with Crippen molar-refractivity contribution in [3.63, 3.8) is 0 Å². The third kappa shape index (κ3) is 9.42. The first-order valence-electron chi connectivity index (χ1n) is 16.3. The van der Waals surface area contributed by atoms with E-state index in [0.717, 1.165) is 35.5 Å². The maximum absolute atomic E-state index is 13.9. The SMILES string of the molecule is CC.CC.CC(=O)C1=CC=C(S(=O)(=O)N2CCN(c3nc4nc(C5CC5)ncc4s3)C[C@@H]2C(=O)NCc2ccc(OC(F)(F)F)cc2)CC1. The van der Waals surface area contributed by atoms with Gasteiger partial charge in [0, 0.05) is 32.1 Å². The van der Waals surface area contributed by atoms with Crippen LogP contribution < -0.4 is 15.0 Å². The number of halogens is 3. The summed E-state index contributed by atoms with van der Waals surface area (Å²) in [6, 6.07) is 3.89. The van der Waals surface area contributed by atoms with E-state index in [1.807, 2.05) is 32.6 Å². The molecule has 1 saturated heterocycles. The number of nitrogens with zero attached hydrogens (tertiary/aromatic N) is 5. The van der Waals surface area contributed by atoms with Crippen LogP contribution in [0.5, 0.6) is 5.75 Å². The van der Waals surface area contributed by atoms with Gasteiger partial charge in [0.05, 0.1) is 15.8 Å². The first-order chi connectivity index (χ1) is 23.4. The Hall–Kier alpha value is -3.89. The van der Waals surface area contributed by atoms with E-state index in [4.69, 9.17) is 0 Å². The van der Waals surface area contributed by atoms with Crippen molar-refractivity contribution in [2.24, 2.45) is 0 Å². The number of Topliss-reactive ketones (excluding diaryl/α,β-unsaturated/α-hetero) is 1. The van der Waals surface area contributed by atoms with Crippen LogP contribution in [0.3, 0.4) is 0 Å². The molecule has 3 heterocycles. The number of benzene rings is 1. The third-order valence-electron chi connectivity index (χ3n) is 7.83. The quantitative estimate of drug-likeness (QED) is 0.272. The monoisotopic (exact) mass is 722 g/mol. The van der Waals surface area contributed by atoms with Gasteiger partial charge in [-0.2, -0.15) is 9.29 Å². The molecule has 1 aliphatic heterocycles. The number of hydrogen-bond acceptors (Lipinski definition) is 10. The van der Waals surface area contributed by atoms with Gasteiger partial charge in [0.15, 0.2) is 16.6 Å². The van der Waals surface area contributed by atoms with E-state index in [1.165, 1.54) is 46.9 Å². The summed E-state index contributed by atoms with van der Waals surface area (Å²) in [6.45, 7) is 9.65. The second-order valence-electron chi connectivity index (χ2n) is 11.1. The number of fused-ring (bicyclic) bond motifs is 1. The molecule has 11 nitrogen and oxygen atoms in total. The Morgan fingerprint density at radius 3 is 2.31 bits per heavy atom. The summed E-state index contributed by atoms with van der Waals surface area (Å²) >= 11 is 1.36. The number of carbonyl (C=O) groups is 2. The topological polar surface area (TPSA) is 135 Å². The number of ether oxygens (including phenoxy) is 1. The van der Waals surface area contributed by atoms with Crippen LogP contribution >= 0.6 is 11.3 Å². The van der Waals surface area contributed by atoms with Crippen LogP contribution in [0.2, 0.25) is 0 Å². The minimum Gasteiger partial charge on any atom is -0.406 e. The first-order valence-corrected chi connectivity index (χ1v) is 18.6. The highest BCUT2D eigenvalue weighted by molar-refractivity contribution is 7.93. The zero-order valence-corrected chi connectivity index (χ0v) is 29.7. The molecule has 2 fully saturated rings. The van der Waals surface area contributed by atoms with Crippen LogP contribution in [0, 0.1) is 0 Å². The van der Waals surface area contributed by atoms with Crippen LogP contribution in [0.1, 0.15) is 77.6 Å². The molecule has 16 heteroatoms. The number of sulfonamides is 1. The van der Waals surface area contributed by atoms with E-state index >= 15 is 0 Å². The summed E-state index contributed by atoms with van der Waals surface area (Å²) < 4.78 is 71.1. The number of aromatic nitrogens is 3. The average molecular weight is 723 g/mol. The molecule has 3 aliphatic rings. The summed E-state index contributed by atoms with van der Waals surface area (Å²) in [5.74, 6) is 0.00674. The van der Waals surface area contributed by atoms with Crippen LogP contribution in [-0.2, 0) is 26.2 Å². The molecule has 0 unspecified atom stereocenters. The normalized spacial score (nSPS) is 18.3. The minimum atomic E-state index is -4.83. The van der Waals surface area contributed by atoms with E-state index in [0.29, 0.717) is 27.8 Å². The van der Waals surface area contributed by atoms with Crippen molar-refractivity contribution in [2.75, 3.05) is 24.5 Å². The highest BCUT2D eigenvalue weighted by atomic mass is 32.2. The number of carbonyl (C=O) groups excluding carboxylic acids is 2. The lowest BCUT2D eigenvalue weighted by Crippen LogP contribution is -2.60. The Labute approximate surface area is 288 Å². The maximum Gasteiger partial charge on any atom is 0.573 e. The van der Waals surface area contributed by atoms with E-state index in [9.17, 15) is 31.2 Å². The fourth-order valence-electron chi connectivity index (χ4n) is 5.25. The Morgan fingerprint density at radius 1 is 1.02 bits per heavy atom. The molecule has 49 heavy (non-hydrogen) atoms. The van der Waals surface area contributed by atoms with Crippen molar-refractivity contribution in [1.82, 2.24) is 24.6 Å². The van der Waals surface area contributed by atoms with Gasteiger partial charge in [-0.15, -0.1) is 13.2 Å². The zero-order valence-electron chi connectivity index (χ0n) is 28.1. The third-order valence-corrected chi connectivity index (χ3v) is 10.9. The van der Waals surface area contributed by atoms with Crippen molar-refractivity contribution in [1.29, 1.82) is 0 Å². The molecule has 1 saturated carbocycles. The van der Waals surface area contributed by atoms with Crippen LogP contribution in [-0.4, -0.2) is 71.4 Å². The molecule has 0 radical (unpaired) electrons. The summed E-state index contributed by atoms with van der Waals surface area (Å²) in [5.41, 5.74) is 1.58. The molecule has 1 aromatic carbocycles. The molecule has 0 spiro atoms. The van der Waals surface area contributed by atoms with Gasteiger partial charge in [0.25, 0.3) is 0 Å². The average Bonchev–Trinajstić information content (AvgIpc) is 3.87. The lowest BCUT2D eigenvalue weighted by Gasteiger charge is -2.40. The van der Waals surface area contributed by atoms with Crippen molar-refractivity contribution in [3.05, 3.63) is 64.5 Å². The number of allylic oxidation sites excluding steroid dienone is 4. The van der Waals surface area contributed by atoms with Crippen LogP contribution in [0.4, 0.5) is 18.3 Å². The Balaban J connectivity index is 0.00000130. The van der Waals surface area contributed by atoms with Crippen molar-refractivity contribution >= 4 is 48.5 Å². The second kappa shape index (κ2) is 16.2. The summed E-state index contributed by atoms with van der Waals surface area (Å²) in [4.78, 5) is 41.1. The predicted molar refractivity (Wildman–Crippen MR) is 183 cm³/mol. The van der Waals surface area contributed by atoms with E-state index < -0.39 is 34.1 Å². The highest BCUT2D eigenvalue weighted by Crippen LogP contribution is 2.39. The zero-order chi connectivity index (χ0) is 35.9. The molecule has 1 amide bonds. The van der Waals surface area contributed by atoms with Gasteiger partial charge in [0.2, 0.25) is 15.9 Å². The number of nitrogens with one attached hydrogen (secondary N) is 1. The van der Waals surface area contributed by atoms with Gasteiger partial charge in [-0.3, -0.25) is 9.59 Å². The van der Waals surface area contributed by atoms with Gasteiger partial charge in [-0.1, -0.05) is 57.2 Å². The van der Waals surface area contributed by atoms with E-state index in [2.05, 4.69) is 25.0 Å². The predicted octanol–water partition coefficient (Wildman–Crippen LogP) is 6.24.